The third-order valence-corrected chi connectivity index (χ3v) is 3.64. The number of carbonyl (C=O) groups is 2. The fourth-order valence-corrected chi connectivity index (χ4v) is 2.36. The van der Waals surface area contributed by atoms with E-state index in [4.69, 9.17) is 0 Å². The molecular formula is C13H8N8O6S. The molecule has 0 aliphatic carbocycles. The first-order valence-electron chi connectivity index (χ1n) is 7.30. The Morgan fingerprint density at radius 3 is 2.50 bits per heavy atom. The lowest BCUT2D eigenvalue weighted by Gasteiger charge is -2.08. The van der Waals surface area contributed by atoms with Crippen molar-refractivity contribution in [3.8, 4) is 0 Å². The number of hydrogen-bond donors (Lipinski definition) is 3. The van der Waals surface area contributed by atoms with Crippen LogP contribution in [-0.2, 0) is 9.59 Å². The van der Waals surface area contributed by atoms with Gasteiger partial charge in [-0.3, -0.25) is 50.3 Å². The Balaban J connectivity index is 1.95. The number of H-pyrrole nitrogens is 2. The Hall–Kier alpha value is -4.14. The molecule has 0 radical (unpaired) electrons. The molecule has 0 aliphatic rings. The minimum atomic E-state index is -2.17. The van der Waals surface area contributed by atoms with Crippen molar-refractivity contribution in [3.05, 3.63) is 55.1 Å². The predicted molar refractivity (Wildman–Crippen MR) is 93.3 cm³/mol. The van der Waals surface area contributed by atoms with E-state index in [1.165, 1.54) is 12.1 Å². The van der Waals surface area contributed by atoms with E-state index in [0.29, 0.717) is 0 Å². The van der Waals surface area contributed by atoms with Gasteiger partial charge in [0.1, 0.15) is 5.69 Å². The SMILES string of the molecule is O=C(Nc1nc(=S)[nH][nH]1)C(=O)[C@@H](c1cnc2ccc([N+](=O)[O-])cc2n1)[N+](=O)[O-]. The first-order chi connectivity index (χ1) is 13.3. The maximum atomic E-state index is 12.3. The molecule has 15 heteroatoms. The molecule has 0 aliphatic heterocycles. The number of ketones is 1. The number of hydrogen-bond acceptors (Lipinski definition) is 10. The van der Waals surface area contributed by atoms with Crippen molar-refractivity contribution < 1.29 is 19.4 Å². The summed E-state index contributed by atoms with van der Waals surface area (Å²) in [6.45, 7) is 0. The number of amides is 1. The van der Waals surface area contributed by atoms with Crippen molar-refractivity contribution in [2.24, 2.45) is 0 Å². The van der Waals surface area contributed by atoms with E-state index in [1.807, 2.05) is 5.32 Å². The normalized spacial score (nSPS) is 11.7. The van der Waals surface area contributed by atoms with Gasteiger partial charge in [-0.25, -0.2) is 4.98 Å². The summed E-state index contributed by atoms with van der Waals surface area (Å²) in [6, 6.07) is 1.38. The number of nitro benzene ring substituents is 1. The van der Waals surface area contributed by atoms with Crippen molar-refractivity contribution >= 4 is 46.6 Å². The van der Waals surface area contributed by atoms with Crippen LogP contribution in [0.25, 0.3) is 11.0 Å². The number of nitrogens with one attached hydrogen (secondary N) is 3. The lowest BCUT2D eigenvalue weighted by atomic mass is 10.1. The summed E-state index contributed by atoms with van der Waals surface area (Å²) in [5.41, 5.74) is -0.580. The van der Waals surface area contributed by atoms with E-state index in [0.717, 1.165) is 12.3 Å². The molecule has 1 atom stereocenters. The highest BCUT2D eigenvalue weighted by atomic mass is 32.1. The summed E-state index contributed by atoms with van der Waals surface area (Å²) in [7, 11) is 0. The molecule has 0 fully saturated rings. The minimum Gasteiger partial charge on any atom is -0.288 e. The third kappa shape index (κ3) is 3.68. The number of nitro groups is 2. The van der Waals surface area contributed by atoms with Gasteiger partial charge in [-0.1, -0.05) is 0 Å². The fraction of sp³-hybridized carbons (Fsp3) is 0.0769. The highest BCUT2D eigenvalue weighted by Crippen LogP contribution is 2.22. The van der Waals surface area contributed by atoms with Gasteiger partial charge < -0.3 is 0 Å². The zero-order valence-electron chi connectivity index (χ0n) is 13.5. The lowest BCUT2D eigenvalue weighted by Crippen LogP contribution is -2.33. The number of aromatic amines is 2. The molecule has 28 heavy (non-hydrogen) atoms. The van der Waals surface area contributed by atoms with E-state index in [1.54, 1.807) is 0 Å². The van der Waals surface area contributed by atoms with Crippen LogP contribution in [0.4, 0.5) is 11.6 Å². The molecule has 2 heterocycles. The van der Waals surface area contributed by atoms with E-state index < -0.39 is 33.3 Å². The van der Waals surface area contributed by atoms with E-state index in [9.17, 15) is 29.8 Å². The van der Waals surface area contributed by atoms with Crippen molar-refractivity contribution in [1.29, 1.82) is 0 Å². The van der Waals surface area contributed by atoms with Crippen molar-refractivity contribution in [2.45, 2.75) is 6.04 Å². The highest BCUT2D eigenvalue weighted by molar-refractivity contribution is 7.71. The summed E-state index contributed by atoms with van der Waals surface area (Å²) in [5.74, 6) is -2.97. The molecule has 1 aromatic carbocycles. The maximum Gasteiger partial charge on any atom is 0.322 e. The fourth-order valence-electron chi connectivity index (χ4n) is 2.22. The van der Waals surface area contributed by atoms with Gasteiger partial charge in [-0.2, -0.15) is 4.98 Å². The molecule has 0 bridgehead atoms. The number of rotatable bonds is 6. The van der Waals surface area contributed by atoms with Crippen LogP contribution in [0.5, 0.6) is 0 Å². The largest absolute Gasteiger partial charge is 0.322 e. The van der Waals surface area contributed by atoms with Gasteiger partial charge >= 0.3 is 11.9 Å². The van der Waals surface area contributed by atoms with Gasteiger partial charge in [0.2, 0.25) is 10.7 Å². The molecule has 3 aromatic rings. The number of benzene rings is 1. The second-order valence-electron chi connectivity index (χ2n) is 5.25. The first kappa shape index (κ1) is 18.6. The van der Waals surface area contributed by atoms with Crippen molar-refractivity contribution in [2.75, 3.05) is 5.32 Å². The molecule has 3 N–H and O–H groups in total. The summed E-state index contributed by atoms with van der Waals surface area (Å²) < 4.78 is -0.00411. The van der Waals surface area contributed by atoms with E-state index in [-0.39, 0.29) is 27.4 Å². The summed E-state index contributed by atoms with van der Waals surface area (Å²) in [6.07, 6.45) is 0.953. The highest BCUT2D eigenvalue weighted by Gasteiger charge is 2.39. The van der Waals surface area contributed by atoms with Crippen LogP contribution < -0.4 is 5.32 Å². The van der Waals surface area contributed by atoms with Gasteiger partial charge in [0.15, 0.2) is 0 Å². The molecule has 0 saturated heterocycles. The number of anilines is 1. The molecule has 0 unspecified atom stereocenters. The van der Waals surface area contributed by atoms with Crippen LogP contribution in [0.2, 0.25) is 0 Å². The van der Waals surface area contributed by atoms with Gasteiger partial charge in [-0.15, -0.1) is 0 Å². The number of aromatic nitrogens is 5. The Bertz CT molecular complexity index is 1190. The summed E-state index contributed by atoms with van der Waals surface area (Å²) in [4.78, 5) is 56.4. The van der Waals surface area contributed by atoms with E-state index >= 15 is 0 Å². The minimum absolute atomic E-state index is 0.00411. The van der Waals surface area contributed by atoms with Gasteiger partial charge in [0.25, 0.3) is 11.5 Å². The number of nitrogens with zero attached hydrogens (tertiary/aromatic N) is 5. The Labute approximate surface area is 158 Å². The Morgan fingerprint density at radius 1 is 1.14 bits per heavy atom. The number of carbonyl (C=O) groups excluding carboxylic acids is 2. The number of non-ortho nitro benzene ring substituents is 1. The van der Waals surface area contributed by atoms with Gasteiger partial charge in [0, 0.05) is 17.1 Å². The predicted octanol–water partition coefficient (Wildman–Crippen LogP) is 0.844. The number of fused-ring (bicyclic) bond motifs is 1. The Morgan fingerprint density at radius 2 is 1.89 bits per heavy atom. The second-order valence-corrected chi connectivity index (χ2v) is 5.63. The molecule has 1 amide bonds. The second kappa shape index (κ2) is 7.23. The van der Waals surface area contributed by atoms with Gasteiger partial charge in [-0.05, 0) is 18.3 Å². The monoisotopic (exact) mass is 404 g/mol. The lowest BCUT2D eigenvalue weighted by molar-refractivity contribution is -0.513. The quantitative estimate of drug-likeness (QED) is 0.228. The molecular weight excluding hydrogens is 396 g/mol. The molecule has 142 valence electrons. The Kier molecular flexibility index (Phi) is 4.82. The third-order valence-electron chi connectivity index (χ3n) is 3.45. The zero-order valence-corrected chi connectivity index (χ0v) is 14.3. The van der Waals surface area contributed by atoms with Crippen LogP contribution in [0.3, 0.4) is 0 Å². The molecule has 14 nitrogen and oxygen atoms in total. The average molecular weight is 404 g/mol. The summed E-state index contributed by atoms with van der Waals surface area (Å²) >= 11 is 4.69. The topological polar surface area (TPSA) is 203 Å². The summed E-state index contributed by atoms with van der Waals surface area (Å²) in [5, 5.41) is 29.0. The molecule has 2 aromatic heterocycles. The van der Waals surface area contributed by atoms with Crippen LogP contribution >= 0.6 is 12.2 Å². The molecule has 0 spiro atoms. The molecule has 3 rings (SSSR count). The number of Topliss-reactive ketones (excluding diaryl/α,β-unsaturated/α-hetero) is 1. The maximum absolute atomic E-state index is 12.3. The van der Waals surface area contributed by atoms with Crippen molar-refractivity contribution in [3.63, 3.8) is 0 Å². The van der Waals surface area contributed by atoms with Crippen LogP contribution in [0.15, 0.2) is 24.4 Å². The zero-order chi connectivity index (χ0) is 20.4. The standard InChI is InChI=1S/C13H8N8O6S/c22-10(11(23)16-12-17-13(28)19-18-12)9(21(26)27)8-4-14-6-2-1-5(20(24)25)3-7(6)15-8/h1-4,9H,(H3,16,17,18,19,23,28)/t9-/m1/s1. The molecule has 0 saturated carbocycles. The van der Waals surface area contributed by atoms with E-state index in [2.05, 4.69) is 37.4 Å². The average Bonchev–Trinajstić information content (AvgIpc) is 3.05. The van der Waals surface area contributed by atoms with Crippen LogP contribution in [-0.4, -0.2) is 46.7 Å². The van der Waals surface area contributed by atoms with Gasteiger partial charge in [0.05, 0.1) is 22.2 Å². The van der Waals surface area contributed by atoms with Crippen LogP contribution in [0.1, 0.15) is 11.7 Å². The van der Waals surface area contributed by atoms with Crippen molar-refractivity contribution in [1.82, 2.24) is 25.1 Å². The van der Waals surface area contributed by atoms with Crippen LogP contribution in [0, 0.1) is 25.0 Å². The smallest absolute Gasteiger partial charge is 0.288 e. The first-order valence-corrected chi connectivity index (χ1v) is 7.71.